The molecule has 0 unspecified atom stereocenters. The van der Waals surface area contributed by atoms with E-state index in [1.807, 2.05) is 6.07 Å². The van der Waals surface area contributed by atoms with E-state index >= 15 is 0 Å². The van der Waals surface area contributed by atoms with Crippen molar-refractivity contribution in [1.82, 2.24) is 0 Å². The molecule has 0 bridgehead atoms. The Hall–Kier alpha value is -1.32. The fourth-order valence-electron chi connectivity index (χ4n) is 2.40. The van der Waals surface area contributed by atoms with E-state index in [0.29, 0.717) is 6.61 Å². The van der Waals surface area contributed by atoms with Gasteiger partial charge in [-0.3, -0.25) is 0 Å². The molecular formula is C17H20BrNO. The molecule has 20 heavy (non-hydrogen) atoms. The van der Waals surface area contributed by atoms with Gasteiger partial charge >= 0.3 is 0 Å². The fourth-order valence-corrected chi connectivity index (χ4v) is 3.09. The molecule has 0 amide bonds. The number of anilines is 1. The molecule has 106 valence electrons. The second-order valence-electron chi connectivity index (χ2n) is 4.97. The summed E-state index contributed by atoms with van der Waals surface area (Å²) in [5, 5.41) is 3.55. The number of benzene rings is 2. The first-order chi connectivity index (χ1) is 9.61. The van der Waals surface area contributed by atoms with Gasteiger partial charge in [0.25, 0.3) is 0 Å². The van der Waals surface area contributed by atoms with Crippen LogP contribution in [-0.4, -0.2) is 7.11 Å². The van der Waals surface area contributed by atoms with E-state index in [0.717, 1.165) is 11.0 Å². The van der Waals surface area contributed by atoms with E-state index in [1.54, 1.807) is 7.11 Å². The van der Waals surface area contributed by atoms with Crippen LogP contribution < -0.4 is 5.32 Å². The largest absolute Gasteiger partial charge is 0.381 e. The molecule has 0 aromatic heterocycles. The van der Waals surface area contributed by atoms with Crippen molar-refractivity contribution in [2.45, 2.75) is 27.0 Å². The van der Waals surface area contributed by atoms with Crippen LogP contribution in [0, 0.1) is 13.8 Å². The minimum absolute atomic E-state index is 0.649. The molecule has 2 aromatic rings. The van der Waals surface area contributed by atoms with E-state index in [9.17, 15) is 0 Å². The van der Waals surface area contributed by atoms with E-state index in [4.69, 9.17) is 4.74 Å². The monoisotopic (exact) mass is 333 g/mol. The highest BCUT2D eigenvalue weighted by Gasteiger charge is 2.06. The van der Waals surface area contributed by atoms with Gasteiger partial charge in [-0.1, -0.05) is 40.2 Å². The van der Waals surface area contributed by atoms with Gasteiger partial charge in [0, 0.05) is 23.8 Å². The van der Waals surface area contributed by atoms with Crippen molar-refractivity contribution in [3.63, 3.8) is 0 Å². The molecule has 2 nitrogen and oxygen atoms in total. The number of methoxy groups -OCH3 is 1. The van der Waals surface area contributed by atoms with Gasteiger partial charge in [-0.25, -0.2) is 0 Å². The molecule has 1 N–H and O–H groups in total. The quantitative estimate of drug-likeness (QED) is 0.846. The molecule has 0 saturated carbocycles. The summed E-state index contributed by atoms with van der Waals surface area (Å²) in [6.45, 7) is 5.71. The summed E-state index contributed by atoms with van der Waals surface area (Å²) >= 11 is 3.53. The van der Waals surface area contributed by atoms with Crippen molar-refractivity contribution in [1.29, 1.82) is 0 Å². The van der Waals surface area contributed by atoms with Crippen LogP contribution in [0.25, 0.3) is 0 Å². The minimum Gasteiger partial charge on any atom is -0.381 e. The van der Waals surface area contributed by atoms with Crippen LogP contribution in [0.4, 0.5) is 5.69 Å². The summed E-state index contributed by atoms with van der Waals surface area (Å²) in [7, 11) is 1.73. The Bertz CT molecular complexity index is 572. The van der Waals surface area contributed by atoms with Crippen LogP contribution >= 0.6 is 15.9 Å². The average Bonchev–Trinajstić information content (AvgIpc) is 2.39. The van der Waals surface area contributed by atoms with Crippen LogP contribution in [0.2, 0.25) is 0 Å². The van der Waals surface area contributed by atoms with Crippen molar-refractivity contribution in [2.24, 2.45) is 0 Å². The second kappa shape index (κ2) is 6.91. The molecule has 2 aromatic carbocycles. The molecule has 3 heteroatoms. The van der Waals surface area contributed by atoms with Crippen molar-refractivity contribution < 1.29 is 4.74 Å². The van der Waals surface area contributed by atoms with Gasteiger partial charge in [-0.15, -0.1) is 0 Å². The maximum absolute atomic E-state index is 5.25. The van der Waals surface area contributed by atoms with Crippen LogP contribution in [0.15, 0.2) is 40.9 Å². The van der Waals surface area contributed by atoms with Crippen LogP contribution in [0.1, 0.15) is 22.3 Å². The smallest absolute Gasteiger partial charge is 0.0716 e. The Morgan fingerprint density at radius 2 is 1.65 bits per heavy atom. The summed E-state index contributed by atoms with van der Waals surface area (Å²) in [6, 6.07) is 12.6. The summed E-state index contributed by atoms with van der Waals surface area (Å²) in [5.41, 5.74) is 6.22. The SMILES string of the molecule is COCc1ccccc1CNc1c(C)cc(Br)cc1C. The average molecular weight is 334 g/mol. The number of hydrogen-bond acceptors (Lipinski definition) is 2. The highest BCUT2D eigenvalue weighted by Crippen LogP contribution is 2.26. The number of nitrogens with one attached hydrogen (secondary N) is 1. The molecule has 0 saturated heterocycles. The van der Waals surface area contributed by atoms with Gasteiger partial charge in [-0.2, -0.15) is 0 Å². The highest BCUT2D eigenvalue weighted by atomic mass is 79.9. The summed E-state index contributed by atoms with van der Waals surface area (Å²) in [6.07, 6.45) is 0. The first-order valence-electron chi connectivity index (χ1n) is 6.68. The Morgan fingerprint density at radius 3 is 2.25 bits per heavy atom. The lowest BCUT2D eigenvalue weighted by Gasteiger charge is -2.15. The zero-order valence-corrected chi connectivity index (χ0v) is 13.8. The predicted octanol–water partition coefficient (Wildman–Crippen LogP) is 4.82. The molecule has 0 aliphatic carbocycles. The normalized spacial score (nSPS) is 10.6. The molecule has 0 spiro atoms. The number of rotatable bonds is 5. The van der Waals surface area contributed by atoms with Crippen LogP contribution in [-0.2, 0) is 17.9 Å². The Kier molecular flexibility index (Phi) is 5.21. The maximum atomic E-state index is 5.25. The third-order valence-corrected chi connectivity index (χ3v) is 3.83. The molecule has 0 aliphatic heterocycles. The summed E-state index contributed by atoms with van der Waals surface area (Å²) < 4.78 is 6.37. The first kappa shape index (κ1) is 15.1. The summed E-state index contributed by atoms with van der Waals surface area (Å²) in [5.74, 6) is 0. The van der Waals surface area contributed by atoms with E-state index in [-0.39, 0.29) is 0 Å². The topological polar surface area (TPSA) is 21.3 Å². The second-order valence-corrected chi connectivity index (χ2v) is 5.89. The van der Waals surface area contributed by atoms with E-state index in [2.05, 4.69) is 65.4 Å². The first-order valence-corrected chi connectivity index (χ1v) is 7.47. The van der Waals surface area contributed by atoms with Crippen molar-refractivity contribution in [3.8, 4) is 0 Å². The van der Waals surface area contributed by atoms with Gasteiger partial charge in [0.05, 0.1) is 6.61 Å². The molecule has 0 fully saturated rings. The third kappa shape index (κ3) is 3.62. The number of halogens is 1. The van der Waals surface area contributed by atoms with E-state index in [1.165, 1.54) is 27.9 Å². The lowest BCUT2D eigenvalue weighted by molar-refractivity contribution is 0.184. The number of ether oxygens (including phenoxy) is 1. The molecular weight excluding hydrogens is 314 g/mol. The number of hydrogen-bond donors (Lipinski definition) is 1. The lowest BCUT2D eigenvalue weighted by atomic mass is 10.1. The van der Waals surface area contributed by atoms with Gasteiger partial charge in [0.2, 0.25) is 0 Å². The highest BCUT2D eigenvalue weighted by molar-refractivity contribution is 9.10. The van der Waals surface area contributed by atoms with Crippen LogP contribution in [0.5, 0.6) is 0 Å². The fraction of sp³-hybridized carbons (Fsp3) is 0.294. The Balaban J connectivity index is 2.17. The van der Waals surface area contributed by atoms with Gasteiger partial charge < -0.3 is 10.1 Å². The molecule has 0 heterocycles. The van der Waals surface area contributed by atoms with Crippen molar-refractivity contribution >= 4 is 21.6 Å². The maximum Gasteiger partial charge on any atom is 0.0716 e. The minimum atomic E-state index is 0.649. The van der Waals surface area contributed by atoms with Gasteiger partial charge in [0.15, 0.2) is 0 Å². The Labute approximate surface area is 129 Å². The van der Waals surface area contributed by atoms with Gasteiger partial charge in [-0.05, 0) is 48.2 Å². The Morgan fingerprint density at radius 1 is 1.05 bits per heavy atom. The third-order valence-electron chi connectivity index (χ3n) is 3.37. The number of aryl methyl sites for hydroxylation is 2. The zero-order valence-electron chi connectivity index (χ0n) is 12.2. The molecule has 0 atom stereocenters. The van der Waals surface area contributed by atoms with Crippen molar-refractivity contribution in [3.05, 3.63) is 63.1 Å². The predicted molar refractivity (Wildman–Crippen MR) is 88.1 cm³/mol. The molecule has 0 aliphatic rings. The molecule has 2 rings (SSSR count). The summed E-state index contributed by atoms with van der Waals surface area (Å²) in [4.78, 5) is 0. The zero-order chi connectivity index (χ0) is 14.5. The van der Waals surface area contributed by atoms with Crippen molar-refractivity contribution in [2.75, 3.05) is 12.4 Å². The van der Waals surface area contributed by atoms with Gasteiger partial charge in [0.1, 0.15) is 0 Å². The lowest BCUT2D eigenvalue weighted by Crippen LogP contribution is -2.06. The molecule has 0 radical (unpaired) electrons. The van der Waals surface area contributed by atoms with E-state index < -0.39 is 0 Å². The standard InChI is InChI=1S/C17H20BrNO/c1-12-8-16(18)9-13(2)17(12)19-10-14-6-4-5-7-15(14)11-20-3/h4-9,19H,10-11H2,1-3H3. The van der Waals surface area contributed by atoms with Crippen LogP contribution in [0.3, 0.4) is 0 Å².